The molecular weight excluding hydrogens is 664 g/mol. The molecule has 0 saturated heterocycles. The highest BCUT2D eigenvalue weighted by Crippen LogP contribution is 2.59. The van der Waals surface area contributed by atoms with Crippen molar-refractivity contribution in [1.82, 2.24) is 4.90 Å². The molecule has 5 aromatic carbocycles. The zero-order valence-electron chi connectivity index (χ0n) is 29.2. The number of rotatable bonds is 3. The molecule has 11 nitrogen and oxygen atoms in total. The van der Waals surface area contributed by atoms with Gasteiger partial charge in [-0.1, -0.05) is 18.2 Å². The molecule has 0 aromatic heterocycles. The Labute approximate surface area is 300 Å². The number of ketones is 1. The average Bonchev–Trinajstić information content (AvgIpc) is 3.94. The molecule has 2 atom stereocenters. The van der Waals surface area contributed by atoms with Crippen LogP contribution in [0.5, 0.6) is 46.0 Å². The van der Waals surface area contributed by atoms with Crippen molar-refractivity contribution in [3.8, 4) is 57.1 Å². The van der Waals surface area contributed by atoms with E-state index in [2.05, 4.69) is 42.1 Å². The molecule has 0 radical (unpaired) electrons. The highest BCUT2D eigenvalue weighted by Gasteiger charge is 2.46. The van der Waals surface area contributed by atoms with Crippen LogP contribution in [0, 0.1) is 0 Å². The van der Waals surface area contributed by atoms with Crippen LogP contribution < -0.4 is 42.8 Å². The van der Waals surface area contributed by atoms with Gasteiger partial charge in [0.15, 0.2) is 51.8 Å². The third kappa shape index (κ3) is 4.44. The maximum atomic E-state index is 15.8. The minimum Gasteiger partial charge on any atom is -0.493 e. The predicted octanol–water partition coefficient (Wildman–Crippen LogP) is 6.86. The number of hydrogen-bond acceptors (Lipinski definition) is 11. The summed E-state index contributed by atoms with van der Waals surface area (Å²) >= 11 is 0. The zero-order chi connectivity index (χ0) is 35.2. The molecule has 0 saturated carbocycles. The summed E-state index contributed by atoms with van der Waals surface area (Å²) in [5.41, 5.74) is 7.07. The molecule has 0 fully saturated rings. The van der Waals surface area contributed by atoms with Gasteiger partial charge in [0, 0.05) is 47.8 Å². The predicted molar refractivity (Wildman–Crippen MR) is 192 cm³/mol. The second-order valence-corrected chi connectivity index (χ2v) is 13.8. The number of anilines is 1. The van der Waals surface area contributed by atoms with Gasteiger partial charge in [-0.25, -0.2) is 0 Å². The summed E-state index contributed by atoms with van der Waals surface area (Å²) in [6.07, 6.45) is 0.632. The minimum absolute atomic E-state index is 0.0491. The van der Waals surface area contributed by atoms with Crippen molar-refractivity contribution in [3.63, 3.8) is 0 Å². The zero-order valence-corrected chi connectivity index (χ0v) is 29.2. The van der Waals surface area contributed by atoms with E-state index in [0.29, 0.717) is 71.1 Å². The molecule has 5 aliphatic heterocycles. The second kappa shape index (κ2) is 11.6. The van der Waals surface area contributed by atoms with Gasteiger partial charge in [-0.15, -0.1) is 0 Å². The van der Waals surface area contributed by atoms with E-state index in [1.807, 2.05) is 42.5 Å². The van der Waals surface area contributed by atoms with E-state index < -0.39 is 12.0 Å². The first-order valence-electron chi connectivity index (χ1n) is 17.3. The first-order valence-corrected chi connectivity index (χ1v) is 17.3. The molecule has 0 N–H and O–H groups in total. The largest absolute Gasteiger partial charge is 0.493 e. The molecule has 0 spiro atoms. The number of carbonyl (C=O) groups excluding carboxylic acids is 1. The van der Waals surface area contributed by atoms with Crippen molar-refractivity contribution in [2.45, 2.75) is 24.9 Å². The van der Waals surface area contributed by atoms with Gasteiger partial charge in [0.1, 0.15) is 0 Å². The van der Waals surface area contributed by atoms with E-state index in [9.17, 15) is 0 Å². The number of carbonyl (C=O) groups is 1. The van der Waals surface area contributed by atoms with Gasteiger partial charge in [0.25, 0.3) is 0 Å². The van der Waals surface area contributed by atoms with Gasteiger partial charge in [0.2, 0.25) is 20.4 Å². The smallest absolute Gasteiger partial charge is 0.231 e. The molecule has 5 aromatic rings. The van der Waals surface area contributed by atoms with Crippen molar-refractivity contribution < 1.29 is 42.7 Å². The number of nitrogens with zero attached hydrogens (tertiary/aromatic N) is 2. The molecule has 0 amide bonds. The summed E-state index contributed by atoms with van der Waals surface area (Å²) in [6, 6.07) is 19.5. The Morgan fingerprint density at radius 3 is 2.21 bits per heavy atom. The van der Waals surface area contributed by atoms with Crippen LogP contribution in [0.2, 0.25) is 0 Å². The normalized spacial score (nSPS) is 19.5. The summed E-state index contributed by atoms with van der Waals surface area (Å²) in [7, 11) is 7.43. The summed E-state index contributed by atoms with van der Waals surface area (Å²) < 4.78 is 47.5. The van der Waals surface area contributed by atoms with Crippen molar-refractivity contribution in [1.29, 1.82) is 0 Å². The number of methoxy groups -OCH3 is 2. The van der Waals surface area contributed by atoms with Gasteiger partial charge in [-0.05, 0) is 78.0 Å². The third-order valence-electron chi connectivity index (χ3n) is 11.1. The van der Waals surface area contributed by atoms with Crippen molar-refractivity contribution in [2.24, 2.45) is 0 Å². The number of likely N-dealkylation sites (N-methyl/N-ethyl adjacent to an activating group) is 2. The standard InChI is InChI=1S/C41H36N2O9/c1-42-12-11-22-14-32-34(51-19-49-32)16-27(22)39(44)35(24-7-9-29(45-3)40(46-4)28(24)17-42)38-36-23(8-10-30-41(36)52-20-47-30)25-6-5-21-13-31-33(50-18-48-31)15-26(21)37(25)43(38)2/h5-10,13-16,35,38H,11-12,17-20H2,1-4H3/t35?,38-/m0/s1. The van der Waals surface area contributed by atoms with E-state index in [4.69, 9.17) is 37.9 Å². The molecule has 264 valence electrons. The van der Waals surface area contributed by atoms with Gasteiger partial charge in [0.05, 0.1) is 31.9 Å². The quantitative estimate of drug-likeness (QED) is 0.198. The van der Waals surface area contributed by atoms with E-state index in [1.165, 1.54) is 0 Å². The lowest BCUT2D eigenvalue weighted by atomic mass is 9.73. The Morgan fingerprint density at radius 1 is 0.712 bits per heavy atom. The maximum Gasteiger partial charge on any atom is 0.231 e. The highest BCUT2D eigenvalue weighted by atomic mass is 16.7. The number of hydrogen-bond donors (Lipinski definition) is 0. The Bertz CT molecular complexity index is 2340. The van der Waals surface area contributed by atoms with E-state index >= 15 is 4.79 Å². The van der Waals surface area contributed by atoms with E-state index in [0.717, 1.165) is 49.8 Å². The van der Waals surface area contributed by atoms with Gasteiger partial charge >= 0.3 is 0 Å². The molecule has 0 aliphatic carbocycles. The summed E-state index contributed by atoms with van der Waals surface area (Å²) in [5.74, 6) is 4.30. The summed E-state index contributed by atoms with van der Waals surface area (Å²) in [6.45, 7) is 1.60. The average molecular weight is 701 g/mol. The molecule has 5 heterocycles. The van der Waals surface area contributed by atoms with Gasteiger partial charge < -0.3 is 47.7 Å². The van der Waals surface area contributed by atoms with Crippen LogP contribution in [0.4, 0.5) is 5.69 Å². The summed E-state index contributed by atoms with van der Waals surface area (Å²) in [4.78, 5) is 20.3. The Morgan fingerprint density at radius 2 is 1.42 bits per heavy atom. The van der Waals surface area contributed by atoms with Gasteiger partial charge in [-0.2, -0.15) is 0 Å². The highest BCUT2D eigenvalue weighted by molar-refractivity contribution is 6.08. The third-order valence-corrected chi connectivity index (χ3v) is 11.1. The number of fused-ring (bicyclic) bond motifs is 11. The number of benzene rings is 5. The molecule has 5 aliphatic rings. The lowest BCUT2D eigenvalue weighted by Gasteiger charge is -2.43. The summed E-state index contributed by atoms with van der Waals surface area (Å²) in [5, 5.41) is 1.99. The van der Waals surface area contributed by atoms with Crippen LogP contribution in [0.3, 0.4) is 0 Å². The van der Waals surface area contributed by atoms with Crippen molar-refractivity contribution in [2.75, 3.05) is 60.1 Å². The fraction of sp³-hybridized carbons (Fsp3) is 0.293. The number of ether oxygens (including phenoxy) is 8. The minimum atomic E-state index is -0.753. The van der Waals surface area contributed by atoms with E-state index in [-0.39, 0.29) is 26.2 Å². The SMILES string of the molecule is COc1ccc2c(c1OC)CN(C)CCc1cc3c(cc1C(=O)C2[C@H]1c2c(ccc4c2OCO4)-c2ccc4cc5c(cc4c2N1C)OCO5)OCO3. The fourth-order valence-electron chi connectivity index (χ4n) is 8.70. The van der Waals surface area contributed by atoms with Crippen molar-refractivity contribution in [3.05, 3.63) is 88.5 Å². The van der Waals surface area contributed by atoms with E-state index in [1.54, 1.807) is 14.2 Å². The maximum absolute atomic E-state index is 15.8. The number of Topliss-reactive ketones (excluding diaryl/α,β-unsaturated/α-hetero) is 1. The lowest BCUT2D eigenvalue weighted by molar-refractivity contribution is 0.0941. The monoisotopic (exact) mass is 700 g/mol. The van der Waals surface area contributed by atoms with Crippen molar-refractivity contribution >= 4 is 22.2 Å². The molecule has 10 rings (SSSR count). The first-order chi connectivity index (χ1) is 25.4. The Balaban J connectivity index is 1.29. The molecule has 1 unspecified atom stereocenters. The van der Waals surface area contributed by atoms with Crippen LogP contribution >= 0.6 is 0 Å². The molecule has 0 bridgehead atoms. The Hall–Kier alpha value is -5.81. The van der Waals surface area contributed by atoms with Crippen LogP contribution in [-0.4, -0.2) is 65.9 Å². The Kier molecular flexibility index (Phi) is 6.91. The molecular formula is C41H36N2O9. The van der Waals surface area contributed by atoms with Crippen LogP contribution in [0.1, 0.15) is 44.6 Å². The molecule has 11 heteroatoms. The topological polar surface area (TPSA) is 97.4 Å². The van der Waals surface area contributed by atoms with Crippen LogP contribution in [0.15, 0.2) is 60.7 Å². The van der Waals surface area contributed by atoms with Crippen LogP contribution in [0.25, 0.3) is 21.9 Å². The first kappa shape index (κ1) is 31.0. The van der Waals surface area contributed by atoms with Crippen LogP contribution in [-0.2, 0) is 13.0 Å². The van der Waals surface area contributed by atoms with Gasteiger partial charge in [-0.3, -0.25) is 4.79 Å². The lowest BCUT2D eigenvalue weighted by Crippen LogP contribution is -2.38. The fourth-order valence-corrected chi connectivity index (χ4v) is 8.70. The molecule has 52 heavy (non-hydrogen) atoms. The second-order valence-electron chi connectivity index (χ2n) is 13.8.